The van der Waals surface area contributed by atoms with E-state index in [9.17, 15) is 18.4 Å². The lowest BCUT2D eigenvalue weighted by molar-refractivity contribution is 0.0422. The first kappa shape index (κ1) is 20.5. The fourth-order valence-corrected chi connectivity index (χ4v) is 1.87. The minimum Gasteiger partial charge on any atom is -0.398 e. The molecule has 11 heteroatoms. The second-order valence-electron chi connectivity index (χ2n) is 5.09. The molecule has 0 unspecified atom stereocenters. The number of carbonyl (C=O) groups is 2. The van der Waals surface area contributed by atoms with Crippen LogP contribution in [0.2, 0.25) is 0 Å². The maximum atomic E-state index is 12.8. The number of benzene rings is 1. The Morgan fingerprint density at radius 3 is 2.21 bits per heavy atom. The normalized spacial score (nSPS) is 9.93. The number of hydrogen-bond acceptors (Lipinski definition) is 6. The number of rotatable bonds is 6. The fraction of sp³-hybridized carbons (Fsp3) is 0.0588. The van der Waals surface area contributed by atoms with Crippen LogP contribution in [0.4, 0.5) is 14.5 Å². The monoisotopic (exact) mass is 390 g/mol. The Bertz CT molecular complexity index is 906. The molecule has 5 N–H and O–H groups in total. The number of nitrogens with zero attached hydrogens (tertiary/aromatic N) is 2. The van der Waals surface area contributed by atoms with E-state index in [-0.39, 0.29) is 23.6 Å². The molecular weight excluding hydrogens is 374 g/mol. The summed E-state index contributed by atoms with van der Waals surface area (Å²) in [5, 5.41) is 0. The van der Waals surface area contributed by atoms with Gasteiger partial charge in [0.1, 0.15) is 0 Å². The highest BCUT2D eigenvalue weighted by Gasteiger charge is 2.14. The first-order valence-corrected chi connectivity index (χ1v) is 7.75. The van der Waals surface area contributed by atoms with Crippen LogP contribution in [0.25, 0.3) is 0 Å². The van der Waals surface area contributed by atoms with Crippen LogP contribution in [0, 0.1) is 11.6 Å². The summed E-state index contributed by atoms with van der Waals surface area (Å²) in [7, 11) is 0. The van der Waals surface area contributed by atoms with Gasteiger partial charge in [-0.1, -0.05) is 6.08 Å². The average molecular weight is 390 g/mol. The maximum Gasteiger partial charge on any atom is 0.277 e. The van der Waals surface area contributed by atoms with E-state index in [1.807, 2.05) is 5.48 Å². The van der Waals surface area contributed by atoms with E-state index in [2.05, 4.69) is 31.4 Å². The highest BCUT2D eigenvalue weighted by atomic mass is 19.2. The van der Waals surface area contributed by atoms with Gasteiger partial charge in [-0.25, -0.2) is 24.2 Å². The average Bonchev–Trinajstić information content (AvgIpc) is 3.39. The maximum absolute atomic E-state index is 12.8. The highest BCUT2D eigenvalue weighted by molar-refractivity contribution is 6.03. The smallest absolute Gasteiger partial charge is 0.277 e. The zero-order chi connectivity index (χ0) is 20.5. The van der Waals surface area contributed by atoms with E-state index in [1.54, 1.807) is 12.4 Å². The van der Waals surface area contributed by atoms with Crippen LogP contribution in [-0.4, -0.2) is 38.2 Å². The highest BCUT2D eigenvalue weighted by Crippen LogP contribution is 2.16. The van der Waals surface area contributed by atoms with E-state index in [1.165, 1.54) is 18.5 Å². The molecule has 0 bridgehead atoms. The van der Waals surface area contributed by atoms with Crippen molar-refractivity contribution in [2.45, 2.75) is 0 Å². The number of aromatic amines is 2. The standard InChI is InChI=1S/C10H10F2N2O2.C7H6N4O/c1-2-3-16-14-10(15)6-4-7(11)8(12)5-9(6)13;12-5(6-8-1-2-9-6)7-10-3-4-11-7/h2,4-5H,1,3,13H2,(H,14,15);1-4H,(H,8,9)(H,10,11). The summed E-state index contributed by atoms with van der Waals surface area (Å²) in [6.07, 6.45) is 7.65. The molecule has 2 aromatic heterocycles. The molecule has 0 radical (unpaired) electrons. The summed E-state index contributed by atoms with van der Waals surface area (Å²) in [5.41, 5.74) is 7.00. The number of amides is 1. The summed E-state index contributed by atoms with van der Waals surface area (Å²) in [6, 6.07) is 1.44. The van der Waals surface area contributed by atoms with Crippen molar-refractivity contribution in [1.82, 2.24) is 25.4 Å². The molecule has 2 heterocycles. The van der Waals surface area contributed by atoms with Crippen molar-refractivity contribution in [3.8, 4) is 0 Å². The molecule has 0 fully saturated rings. The molecule has 0 aliphatic carbocycles. The number of imidazole rings is 2. The van der Waals surface area contributed by atoms with Crippen molar-refractivity contribution >= 4 is 17.4 Å². The largest absolute Gasteiger partial charge is 0.398 e. The number of halogens is 2. The van der Waals surface area contributed by atoms with Gasteiger partial charge in [-0.15, -0.1) is 6.58 Å². The lowest BCUT2D eigenvalue weighted by atomic mass is 10.1. The number of hydrogen-bond donors (Lipinski definition) is 4. The second kappa shape index (κ2) is 9.73. The number of nitrogens with two attached hydrogens (primary N) is 1. The predicted octanol–water partition coefficient (Wildman–Crippen LogP) is 1.76. The lowest BCUT2D eigenvalue weighted by Crippen LogP contribution is -2.25. The SMILES string of the molecule is C=CCONC(=O)c1cc(F)c(F)cc1N.O=C(c1ncc[nH]1)c1ncc[nH]1. The molecule has 3 aromatic rings. The summed E-state index contributed by atoms with van der Waals surface area (Å²) in [4.78, 5) is 40.4. The van der Waals surface area contributed by atoms with Gasteiger partial charge < -0.3 is 15.7 Å². The zero-order valence-electron chi connectivity index (χ0n) is 14.4. The number of H-pyrrole nitrogens is 2. The molecule has 1 amide bonds. The van der Waals surface area contributed by atoms with Crippen LogP contribution < -0.4 is 11.2 Å². The van der Waals surface area contributed by atoms with Gasteiger partial charge in [-0.05, 0) is 6.07 Å². The molecule has 3 rings (SSSR count). The van der Waals surface area contributed by atoms with Gasteiger partial charge >= 0.3 is 0 Å². The topological polar surface area (TPSA) is 139 Å². The van der Waals surface area contributed by atoms with Crippen molar-refractivity contribution in [3.05, 3.63) is 78.4 Å². The van der Waals surface area contributed by atoms with Gasteiger partial charge in [0.25, 0.3) is 11.7 Å². The third-order valence-corrected chi connectivity index (χ3v) is 3.13. The quantitative estimate of drug-likeness (QED) is 0.166. The van der Waals surface area contributed by atoms with Gasteiger partial charge in [0.05, 0.1) is 12.2 Å². The minimum atomic E-state index is -1.15. The Morgan fingerprint density at radius 1 is 1.14 bits per heavy atom. The molecular formula is C17H16F2N6O3. The Kier molecular flexibility index (Phi) is 7.11. The number of anilines is 1. The summed E-state index contributed by atoms with van der Waals surface area (Å²) >= 11 is 0. The predicted molar refractivity (Wildman–Crippen MR) is 95.0 cm³/mol. The van der Waals surface area contributed by atoms with E-state index < -0.39 is 17.5 Å². The molecule has 9 nitrogen and oxygen atoms in total. The first-order valence-electron chi connectivity index (χ1n) is 7.75. The summed E-state index contributed by atoms with van der Waals surface area (Å²) < 4.78 is 25.5. The van der Waals surface area contributed by atoms with Gasteiger partial charge in [0.2, 0.25) is 0 Å². The van der Waals surface area contributed by atoms with Crippen LogP contribution >= 0.6 is 0 Å². The molecule has 0 aliphatic heterocycles. The summed E-state index contributed by atoms with van der Waals surface area (Å²) in [5.74, 6) is -2.65. The number of aromatic nitrogens is 4. The van der Waals surface area contributed by atoms with Gasteiger partial charge in [0.15, 0.2) is 23.3 Å². The Hall–Kier alpha value is -3.86. The van der Waals surface area contributed by atoms with E-state index in [0.717, 1.165) is 6.07 Å². The Morgan fingerprint density at radius 2 is 1.71 bits per heavy atom. The van der Waals surface area contributed by atoms with Crippen molar-refractivity contribution in [2.24, 2.45) is 0 Å². The number of hydroxylamine groups is 1. The van der Waals surface area contributed by atoms with Crippen LogP contribution in [0.3, 0.4) is 0 Å². The van der Waals surface area contributed by atoms with Gasteiger partial charge in [-0.3, -0.25) is 14.4 Å². The Labute approximate surface area is 157 Å². The lowest BCUT2D eigenvalue weighted by Gasteiger charge is -2.07. The molecule has 1 aromatic carbocycles. The molecule has 0 saturated heterocycles. The van der Waals surface area contributed by atoms with Crippen LogP contribution in [0.15, 0.2) is 49.6 Å². The molecule has 28 heavy (non-hydrogen) atoms. The van der Waals surface area contributed by atoms with Crippen molar-refractivity contribution < 1.29 is 23.2 Å². The minimum absolute atomic E-state index is 0.0926. The van der Waals surface area contributed by atoms with Crippen molar-refractivity contribution in [1.29, 1.82) is 0 Å². The van der Waals surface area contributed by atoms with Crippen molar-refractivity contribution in [3.63, 3.8) is 0 Å². The summed E-state index contributed by atoms with van der Waals surface area (Å²) in [6.45, 7) is 3.46. The van der Waals surface area contributed by atoms with Crippen molar-refractivity contribution in [2.75, 3.05) is 12.3 Å². The zero-order valence-corrected chi connectivity index (χ0v) is 14.4. The third-order valence-electron chi connectivity index (χ3n) is 3.13. The number of nitrogen functional groups attached to an aromatic ring is 1. The van der Waals surface area contributed by atoms with Crippen LogP contribution in [0.5, 0.6) is 0 Å². The van der Waals surface area contributed by atoms with E-state index >= 15 is 0 Å². The van der Waals surface area contributed by atoms with E-state index in [0.29, 0.717) is 17.7 Å². The molecule has 0 spiro atoms. The number of nitrogens with one attached hydrogen (secondary N) is 3. The molecule has 0 aliphatic rings. The first-order chi connectivity index (χ1) is 13.4. The number of ketones is 1. The van der Waals surface area contributed by atoms with Crippen LogP contribution in [0.1, 0.15) is 26.8 Å². The van der Waals surface area contributed by atoms with Gasteiger partial charge in [0, 0.05) is 36.5 Å². The number of carbonyl (C=O) groups excluding carboxylic acids is 2. The second-order valence-corrected chi connectivity index (χ2v) is 5.09. The molecule has 0 atom stereocenters. The van der Waals surface area contributed by atoms with Crippen LogP contribution in [-0.2, 0) is 4.84 Å². The Balaban J connectivity index is 0.000000207. The van der Waals surface area contributed by atoms with E-state index in [4.69, 9.17) is 5.73 Å². The third kappa shape index (κ3) is 5.32. The van der Waals surface area contributed by atoms with Gasteiger partial charge in [-0.2, -0.15) is 0 Å². The molecule has 0 saturated carbocycles. The molecule has 146 valence electrons. The fourth-order valence-electron chi connectivity index (χ4n) is 1.87.